The highest BCUT2D eigenvalue weighted by Crippen LogP contribution is 2.38. The van der Waals surface area contributed by atoms with Gasteiger partial charge in [-0.25, -0.2) is 0 Å². The molecule has 0 spiro atoms. The molecule has 3 nitrogen and oxygen atoms in total. The van der Waals surface area contributed by atoms with Crippen LogP contribution >= 0.6 is 0 Å². The van der Waals surface area contributed by atoms with E-state index in [0.29, 0.717) is 0 Å². The normalized spacial score (nSPS) is 17.7. The Labute approximate surface area is 221 Å². The minimum absolute atomic E-state index is 0.785. The van der Waals surface area contributed by atoms with Gasteiger partial charge in [-0.05, 0) is 81.9 Å². The molecule has 4 rings (SSSR count). The van der Waals surface area contributed by atoms with Crippen LogP contribution in [0.4, 0.5) is 0 Å². The Balaban J connectivity index is 0.000000236. The first-order chi connectivity index (χ1) is 17.4. The number of hydrazone groups is 1. The van der Waals surface area contributed by atoms with Crippen molar-refractivity contribution in [1.82, 2.24) is 10.3 Å². The van der Waals surface area contributed by atoms with Crippen molar-refractivity contribution in [1.29, 1.82) is 0 Å². The molecule has 3 aliphatic rings. The lowest BCUT2D eigenvalue weighted by atomic mass is 9.84. The van der Waals surface area contributed by atoms with E-state index in [1.165, 1.54) is 61.1 Å². The van der Waals surface area contributed by atoms with Crippen molar-refractivity contribution in [2.45, 2.75) is 79.6 Å². The molecule has 0 amide bonds. The highest BCUT2D eigenvalue weighted by Gasteiger charge is 2.28. The predicted molar refractivity (Wildman–Crippen MR) is 159 cm³/mol. The number of allylic oxidation sites excluding steroid dienone is 7. The average molecular weight is 482 g/mol. The third-order valence-electron chi connectivity index (χ3n) is 7.11. The molecule has 0 bridgehead atoms. The summed E-state index contributed by atoms with van der Waals surface area (Å²) in [5, 5.41) is 4.52. The van der Waals surface area contributed by atoms with Crippen molar-refractivity contribution in [3.63, 3.8) is 0 Å². The molecule has 4 heteroatoms. The number of fused-ring (bicyclic) bond motifs is 1. The van der Waals surface area contributed by atoms with Gasteiger partial charge in [0, 0.05) is 36.4 Å². The van der Waals surface area contributed by atoms with Crippen LogP contribution < -0.4 is 10.9 Å². The summed E-state index contributed by atoms with van der Waals surface area (Å²) in [5.74, 6) is 0.906. The summed E-state index contributed by atoms with van der Waals surface area (Å²) in [7, 11) is 6.11. The fourth-order valence-electron chi connectivity index (χ4n) is 4.99. The lowest BCUT2D eigenvalue weighted by Gasteiger charge is -2.26. The molecule has 1 heterocycles. The van der Waals surface area contributed by atoms with E-state index < -0.39 is 0 Å². The van der Waals surface area contributed by atoms with Gasteiger partial charge in [-0.15, -0.1) is 0 Å². The van der Waals surface area contributed by atoms with E-state index in [0.717, 1.165) is 47.6 Å². The molecule has 1 aromatic rings. The fourth-order valence-corrected chi connectivity index (χ4v) is 4.99. The molecule has 2 radical (unpaired) electrons. The Kier molecular flexibility index (Phi) is 10.5. The zero-order valence-electron chi connectivity index (χ0n) is 23.2. The zero-order valence-corrected chi connectivity index (χ0v) is 23.2. The van der Waals surface area contributed by atoms with Gasteiger partial charge in [0.25, 0.3) is 0 Å². The highest BCUT2D eigenvalue weighted by atomic mass is 15.3. The fraction of sp³-hybridized carbons (Fsp3) is 0.469. The maximum absolute atomic E-state index is 6.11. The van der Waals surface area contributed by atoms with E-state index >= 15 is 0 Å². The Morgan fingerprint density at radius 2 is 1.75 bits per heavy atom. The van der Waals surface area contributed by atoms with E-state index in [4.69, 9.17) is 7.85 Å². The number of rotatable bonds is 9. The molecule has 36 heavy (non-hydrogen) atoms. The number of hydrogen-bond donors (Lipinski definition) is 1. The molecule has 0 atom stereocenters. The number of nitrogens with one attached hydrogen (secondary N) is 1. The minimum Gasteiger partial charge on any atom is -0.375 e. The molecule has 1 aromatic carbocycles. The molecular weight excluding hydrogens is 437 g/mol. The van der Waals surface area contributed by atoms with Crippen LogP contribution in [-0.4, -0.2) is 31.5 Å². The summed E-state index contributed by atoms with van der Waals surface area (Å²) in [6.07, 6.45) is 17.2. The van der Waals surface area contributed by atoms with Gasteiger partial charge in [0.05, 0.1) is 11.4 Å². The Hall–Kier alpha value is -2.75. The quantitative estimate of drug-likeness (QED) is 0.385. The molecule has 190 valence electrons. The van der Waals surface area contributed by atoms with Crippen molar-refractivity contribution in [3.8, 4) is 0 Å². The third-order valence-corrected chi connectivity index (χ3v) is 7.11. The van der Waals surface area contributed by atoms with Crippen molar-refractivity contribution in [3.05, 3.63) is 82.7 Å². The van der Waals surface area contributed by atoms with E-state index in [-0.39, 0.29) is 0 Å². The first kappa shape index (κ1) is 27.8. The van der Waals surface area contributed by atoms with Crippen molar-refractivity contribution < 1.29 is 0 Å². The van der Waals surface area contributed by atoms with E-state index in [1.54, 1.807) is 5.70 Å². The van der Waals surface area contributed by atoms with Gasteiger partial charge in [0.1, 0.15) is 7.85 Å². The van der Waals surface area contributed by atoms with Gasteiger partial charge in [0.15, 0.2) is 0 Å². The first-order valence-corrected chi connectivity index (χ1v) is 13.8. The average Bonchev–Trinajstić information content (AvgIpc) is 3.73. The lowest BCUT2D eigenvalue weighted by Crippen LogP contribution is -2.25. The predicted octanol–water partition coefficient (Wildman–Crippen LogP) is 6.99. The van der Waals surface area contributed by atoms with E-state index in [1.807, 2.05) is 13.0 Å². The second-order valence-electron chi connectivity index (χ2n) is 10.0. The van der Waals surface area contributed by atoms with Crippen LogP contribution in [0.5, 0.6) is 0 Å². The van der Waals surface area contributed by atoms with Crippen LogP contribution in [-0.2, 0) is 6.42 Å². The monoisotopic (exact) mass is 481 g/mol. The van der Waals surface area contributed by atoms with Gasteiger partial charge in [-0.1, -0.05) is 68.4 Å². The van der Waals surface area contributed by atoms with Gasteiger partial charge in [0.2, 0.25) is 0 Å². The van der Waals surface area contributed by atoms with E-state index in [2.05, 4.69) is 86.1 Å². The minimum atomic E-state index is 0.785. The number of hydrogen-bond acceptors (Lipinski definition) is 3. The van der Waals surface area contributed by atoms with Gasteiger partial charge in [-0.2, -0.15) is 5.10 Å². The zero-order chi connectivity index (χ0) is 26.1. The van der Waals surface area contributed by atoms with Crippen LogP contribution in [0, 0.1) is 5.92 Å². The smallest absolute Gasteiger partial charge is 0.114 e. The maximum Gasteiger partial charge on any atom is 0.114 e. The van der Waals surface area contributed by atoms with Crippen LogP contribution in [0.3, 0.4) is 0 Å². The SMILES string of the molecule is C/C=C(\C1CC1)N(CCC)CCC.[B]c1ccc(CC2=NNC(=C)C3=CCCC=C32)cc1/C(C)=C/C. The second kappa shape index (κ2) is 13.5. The summed E-state index contributed by atoms with van der Waals surface area (Å²) in [6, 6.07) is 6.24. The Morgan fingerprint density at radius 3 is 2.33 bits per heavy atom. The van der Waals surface area contributed by atoms with E-state index in [9.17, 15) is 0 Å². The maximum atomic E-state index is 6.11. The van der Waals surface area contributed by atoms with Gasteiger partial charge in [-0.3, -0.25) is 5.43 Å². The van der Waals surface area contributed by atoms with Crippen molar-refractivity contribution >= 4 is 24.6 Å². The summed E-state index contributed by atoms with van der Waals surface area (Å²) in [4.78, 5) is 2.58. The first-order valence-electron chi connectivity index (χ1n) is 13.8. The summed E-state index contributed by atoms with van der Waals surface area (Å²) >= 11 is 0. The standard InChI is InChI=1S/C20H21BN2.C12H23N/c1-4-13(2)18-11-15(9-10-19(18)21)12-20-17-8-6-5-7-16(17)14(3)22-23-20;1-4-9-13(10-5-2)12(6-3)11-7-8-11/h4,7-11,22H,3,5-6,12H2,1-2H3;6,11H,4-5,7-10H2,1-3H3/b13-4+;12-6+. The Morgan fingerprint density at radius 1 is 1.08 bits per heavy atom. The number of benzene rings is 1. The molecule has 2 aliphatic carbocycles. The molecule has 1 fully saturated rings. The van der Waals surface area contributed by atoms with Crippen LogP contribution in [0.2, 0.25) is 0 Å². The topological polar surface area (TPSA) is 27.6 Å². The van der Waals surface area contributed by atoms with Crippen LogP contribution in [0.15, 0.2) is 76.7 Å². The second-order valence-corrected chi connectivity index (χ2v) is 10.0. The molecule has 0 unspecified atom stereocenters. The molecule has 0 saturated heterocycles. The lowest BCUT2D eigenvalue weighted by molar-refractivity contribution is 0.327. The van der Waals surface area contributed by atoms with Crippen molar-refractivity contribution in [2.24, 2.45) is 11.0 Å². The molecule has 1 N–H and O–H groups in total. The molecular formula is C32H44BN3. The third kappa shape index (κ3) is 7.15. The summed E-state index contributed by atoms with van der Waals surface area (Å²) < 4.78 is 0. The molecule has 0 aromatic heterocycles. The van der Waals surface area contributed by atoms with Crippen LogP contribution in [0.25, 0.3) is 5.57 Å². The number of nitrogens with zero attached hydrogens (tertiary/aromatic N) is 2. The van der Waals surface area contributed by atoms with Crippen LogP contribution in [0.1, 0.15) is 84.3 Å². The summed E-state index contributed by atoms with van der Waals surface area (Å²) in [5.41, 5.74) is 13.4. The Bertz CT molecular complexity index is 1080. The molecule has 1 saturated carbocycles. The van der Waals surface area contributed by atoms with Gasteiger partial charge < -0.3 is 4.90 Å². The largest absolute Gasteiger partial charge is 0.375 e. The van der Waals surface area contributed by atoms with Crippen molar-refractivity contribution in [2.75, 3.05) is 13.1 Å². The molecule has 1 aliphatic heterocycles. The van der Waals surface area contributed by atoms with Gasteiger partial charge >= 0.3 is 0 Å². The summed E-state index contributed by atoms with van der Waals surface area (Å²) in [6.45, 7) is 17.4. The highest BCUT2D eigenvalue weighted by molar-refractivity contribution is 6.34.